The van der Waals surface area contributed by atoms with E-state index in [0.717, 1.165) is 22.8 Å². The van der Waals surface area contributed by atoms with Gasteiger partial charge >= 0.3 is 6.03 Å². The molecule has 0 radical (unpaired) electrons. The zero-order chi connectivity index (χ0) is 13.8. The largest absolute Gasteiger partial charge is 0.464 e. The molecule has 0 bridgehead atoms. The summed E-state index contributed by atoms with van der Waals surface area (Å²) in [6, 6.07) is 11.0. The van der Waals surface area contributed by atoms with Crippen molar-refractivity contribution in [2.75, 3.05) is 5.32 Å². The number of urea groups is 1. The molecule has 1 unspecified atom stereocenters. The Hall–Kier alpha value is -2.23. The SMILES string of the molecule is Cc1cccc(NC(=O)NC(C)c2ccc(C)o2)c1. The molecule has 2 amide bonds. The minimum atomic E-state index is -0.243. The first kappa shape index (κ1) is 13.2. The maximum absolute atomic E-state index is 11.9. The van der Waals surface area contributed by atoms with Crippen LogP contribution in [0.15, 0.2) is 40.8 Å². The lowest BCUT2D eigenvalue weighted by Gasteiger charge is -2.12. The minimum Gasteiger partial charge on any atom is -0.464 e. The van der Waals surface area contributed by atoms with E-state index in [9.17, 15) is 4.79 Å². The van der Waals surface area contributed by atoms with Crippen LogP contribution in [0.25, 0.3) is 0 Å². The summed E-state index contributed by atoms with van der Waals surface area (Å²) in [5.41, 5.74) is 1.88. The maximum Gasteiger partial charge on any atom is 0.319 e. The molecule has 4 heteroatoms. The van der Waals surface area contributed by atoms with Crippen LogP contribution in [0.4, 0.5) is 10.5 Å². The number of furan rings is 1. The maximum atomic E-state index is 11.9. The Morgan fingerprint density at radius 2 is 2.00 bits per heavy atom. The molecule has 2 N–H and O–H groups in total. The third-order valence-electron chi connectivity index (χ3n) is 2.81. The normalized spacial score (nSPS) is 11.9. The van der Waals surface area contributed by atoms with Crippen LogP contribution >= 0.6 is 0 Å². The number of carbonyl (C=O) groups excluding carboxylic acids is 1. The Kier molecular flexibility index (Phi) is 3.90. The van der Waals surface area contributed by atoms with Gasteiger partial charge in [-0.1, -0.05) is 12.1 Å². The summed E-state index contributed by atoms with van der Waals surface area (Å²) >= 11 is 0. The summed E-state index contributed by atoms with van der Waals surface area (Å²) < 4.78 is 5.47. The molecule has 2 rings (SSSR count). The molecule has 0 spiro atoms. The molecule has 0 aliphatic rings. The van der Waals surface area contributed by atoms with Gasteiger partial charge in [-0.15, -0.1) is 0 Å². The van der Waals surface area contributed by atoms with Crippen molar-refractivity contribution in [2.45, 2.75) is 26.8 Å². The lowest BCUT2D eigenvalue weighted by molar-refractivity contribution is 0.247. The van der Waals surface area contributed by atoms with Crippen molar-refractivity contribution in [3.8, 4) is 0 Å². The Morgan fingerprint density at radius 3 is 2.63 bits per heavy atom. The third-order valence-corrected chi connectivity index (χ3v) is 2.81. The van der Waals surface area contributed by atoms with Gasteiger partial charge in [-0.25, -0.2) is 4.79 Å². The number of hydrogen-bond donors (Lipinski definition) is 2. The van der Waals surface area contributed by atoms with Crippen LogP contribution in [0.5, 0.6) is 0 Å². The van der Waals surface area contributed by atoms with E-state index < -0.39 is 0 Å². The summed E-state index contributed by atoms with van der Waals surface area (Å²) in [6.45, 7) is 5.74. The summed E-state index contributed by atoms with van der Waals surface area (Å²) in [4.78, 5) is 11.9. The molecule has 2 aromatic rings. The van der Waals surface area contributed by atoms with E-state index in [2.05, 4.69) is 10.6 Å². The molecule has 0 aliphatic carbocycles. The van der Waals surface area contributed by atoms with Gasteiger partial charge in [-0.05, 0) is 50.6 Å². The molecule has 1 atom stereocenters. The first-order valence-electron chi connectivity index (χ1n) is 6.25. The highest BCUT2D eigenvalue weighted by atomic mass is 16.3. The van der Waals surface area contributed by atoms with Crippen LogP contribution in [0.2, 0.25) is 0 Å². The number of hydrogen-bond acceptors (Lipinski definition) is 2. The minimum absolute atomic E-state index is 0.168. The van der Waals surface area contributed by atoms with Crippen molar-refractivity contribution in [1.29, 1.82) is 0 Å². The Labute approximate surface area is 112 Å². The van der Waals surface area contributed by atoms with E-state index in [1.807, 2.05) is 57.2 Å². The predicted octanol–water partition coefficient (Wildman–Crippen LogP) is 3.78. The number of nitrogens with one attached hydrogen (secondary N) is 2. The van der Waals surface area contributed by atoms with Gasteiger partial charge in [-0.3, -0.25) is 0 Å². The second kappa shape index (κ2) is 5.61. The highest BCUT2D eigenvalue weighted by Crippen LogP contribution is 2.16. The van der Waals surface area contributed by atoms with Crippen LogP contribution in [0, 0.1) is 13.8 Å². The average molecular weight is 258 g/mol. The number of anilines is 1. The third kappa shape index (κ3) is 3.61. The number of carbonyl (C=O) groups is 1. The molecule has 4 nitrogen and oxygen atoms in total. The lowest BCUT2D eigenvalue weighted by atomic mass is 10.2. The summed E-state index contributed by atoms with van der Waals surface area (Å²) in [5, 5.41) is 5.63. The molecule has 19 heavy (non-hydrogen) atoms. The molecule has 100 valence electrons. The van der Waals surface area contributed by atoms with E-state index >= 15 is 0 Å². The van der Waals surface area contributed by atoms with Crippen LogP contribution in [0.1, 0.15) is 30.0 Å². The molecule has 0 aliphatic heterocycles. The van der Waals surface area contributed by atoms with Crippen molar-refractivity contribution < 1.29 is 9.21 Å². The van der Waals surface area contributed by atoms with E-state index in [1.165, 1.54) is 0 Å². The number of benzene rings is 1. The van der Waals surface area contributed by atoms with Crippen molar-refractivity contribution in [3.05, 3.63) is 53.5 Å². The quantitative estimate of drug-likeness (QED) is 0.880. The molecule has 0 fully saturated rings. The zero-order valence-corrected chi connectivity index (χ0v) is 11.4. The van der Waals surface area contributed by atoms with E-state index in [0.29, 0.717) is 0 Å². The van der Waals surface area contributed by atoms with Gasteiger partial charge in [0.1, 0.15) is 11.5 Å². The molecular weight excluding hydrogens is 240 g/mol. The Balaban J connectivity index is 1.94. The molecule has 0 saturated carbocycles. The fraction of sp³-hybridized carbons (Fsp3) is 0.267. The lowest BCUT2D eigenvalue weighted by Crippen LogP contribution is -2.30. The van der Waals surface area contributed by atoms with Crippen LogP contribution in [-0.4, -0.2) is 6.03 Å². The van der Waals surface area contributed by atoms with Gasteiger partial charge < -0.3 is 15.1 Å². The zero-order valence-electron chi connectivity index (χ0n) is 11.4. The Morgan fingerprint density at radius 1 is 1.21 bits per heavy atom. The average Bonchev–Trinajstić information content (AvgIpc) is 2.75. The summed E-state index contributed by atoms with van der Waals surface area (Å²) in [7, 11) is 0. The van der Waals surface area contributed by atoms with Gasteiger partial charge in [0.05, 0.1) is 6.04 Å². The second-order valence-corrected chi connectivity index (χ2v) is 4.64. The fourth-order valence-electron chi connectivity index (χ4n) is 1.84. The van der Waals surface area contributed by atoms with E-state index in [-0.39, 0.29) is 12.1 Å². The Bertz CT molecular complexity index is 575. The molecule has 1 aromatic heterocycles. The number of aryl methyl sites for hydroxylation is 2. The molecule has 0 saturated heterocycles. The highest BCUT2D eigenvalue weighted by molar-refractivity contribution is 5.89. The van der Waals surface area contributed by atoms with Gasteiger partial charge in [0.25, 0.3) is 0 Å². The van der Waals surface area contributed by atoms with Gasteiger partial charge in [-0.2, -0.15) is 0 Å². The van der Waals surface area contributed by atoms with Crippen LogP contribution < -0.4 is 10.6 Å². The van der Waals surface area contributed by atoms with Crippen molar-refractivity contribution >= 4 is 11.7 Å². The first-order valence-corrected chi connectivity index (χ1v) is 6.25. The van der Waals surface area contributed by atoms with Gasteiger partial charge in [0.15, 0.2) is 0 Å². The van der Waals surface area contributed by atoms with E-state index in [1.54, 1.807) is 0 Å². The predicted molar refractivity (Wildman–Crippen MR) is 75.2 cm³/mol. The number of amides is 2. The highest BCUT2D eigenvalue weighted by Gasteiger charge is 2.12. The van der Waals surface area contributed by atoms with E-state index in [4.69, 9.17) is 4.42 Å². The van der Waals surface area contributed by atoms with Crippen molar-refractivity contribution in [1.82, 2.24) is 5.32 Å². The van der Waals surface area contributed by atoms with Gasteiger partial charge in [0, 0.05) is 5.69 Å². The van der Waals surface area contributed by atoms with Crippen molar-refractivity contribution in [2.24, 2.45) is 0 Å². The smallest absolute Gasteiger partial charge is 0.319 e. The standard InChI is InChI=1S/C15H18N2O2/c1-10-5-4-6-13(9-10)17-15(18)16-12(3)14-8-7-11(2)19-14/h4-9,12H,1-3H3,(H2,16,17,18). The van der Waals surface area contributed by atoms with Crippen molar-refractivity contribution in [3.63, 3.8) is 0 Å². The molecule has 1 aromatic carbocycles. The van der Waals surface area contributed by atoms with Gasteiger partial charge in [0.2, 0.25) is 0 Å². The molecule has 1 heterocycles. The summed E-state index contributed by atoms with van der Waals surface area (Å²) in [6.07, 6.45) is 0. The van der Waals surface area contributed by atoms with Crippen LogP contribution in [0.3, 0.4) is 0 Å². The van der Waals surface area contributed by atoms with Crippen LogP contribution in [-0.2, 0) is 0 Å². The first-order chi connectivity index (χ1) is 9.04. The molecular formula is C15H18N2O2. The topological polar surface area (TPSA) is 54.3 Å². The number of rotatable bonds is 3. The second-order valence-electron chi connectivity index (χ2n) is 4.64. The summed E-state index contributed by atoms with van der Waals surface area (Å²) in [5.74, 6) is 1.58. The fourth-order valence-corrected chi connectivity index (χ4v) is 1.84. The monoisotopic (exact) mass is 258 g/mol.